The van der Waals surface area contributed by atoms with Gasteiger partial charge in [-0.3, -0.25) is 0 Å². The third-order valence-corrected chi connectivity index (χ3v) is 8.06. The largest absolute Gasteiger partial charge is 0.444 e. The number of rotatable bonds is 0. The Labute approximate surface area is 170 Å². The van der Waals surface area contributed by atoms with Crippen LogP contribution in [0.25, 0.3) is 0 Å². The summed E-state index contributed by atoms with van der Waals surface area (Å²) < 4.78 is 13.3. The highest BCUT2D eigenvalue weighted by molar-refractivity contribution is 14.1. The number of likely N-dealkylation sites (tertiary alicyclic amines) is 1. The minimum atomic E-state index is -0.643. The second-order valence-electron chi connectivity index (χ2n) is 7.73. The van der Waals surface area contributed by atoms with Crippen molar-refractivity contribution in [3.63, 3.8) is 0 Å². The second-order valence-corrected chi connectivity index (χ2v) is 10.4. The molecule has 0 aromatic carbocycles. The molecule has 2 aliphatic rings. The van der Waals surface area contributed by atoms with E-state index in [0.29, 0.717) is 23.7 Å². The van der Waals surface area contributed by atoms with E-state index in [-0.39, 0.29) is 18.7 Å². The Balaban J connectivity index is 1.85. The minimum Gasteiger partial charge on any atom is -0.444 e. The minimum absolute atomic E-state index is 0.0229. The van der Waals surface area contributed by atoms with E-state index < -0.39 is 17.3 Å². The van der Waals surface area contributed by atoms with Gasteiger partial charge in [-0.2, -0.15) is 0 Å². The molecule has 1 spiro atoms. The van der Waals surface area contributed by atoms with Crippen LogP contribution in [0, 0.1) is 3.57 Å². The van der Waals surface area contributed by atoms with Crippen LogP contribution in [0.1, 0.15) is 57.1 Å². The molecule has 1 aromatic heterocycles. The molecule has 1 unspecified atom stereocenters. The number of amides is 1. The van der Waals surface area contributed by atoms with Gasteiger partial charge in [-0.05, 0) is 56.7 Å². The SMILES string of the molecule is C[C@H]1C[C@@]2(CCN1C(=O)OC(C)(C)C)OCC(O)c1c2sc(Cl)c1I. The third-order valence-electron chi connectivity index (χ3n) is 4.65. The van der Waals surface area contributed by atoms with Crippen LogP contribution in [0.2, 0.25) is 4.34 Å². The molecule has 1 aromatic rings. The molecule has 2 aliphatic heterocycles. The van der Waals surface area contributed by atoms with Gasteiger partial charge in [0.25, 0.3) is 0 Å². The van der Waals surface area contributed by atoms with E-state index in [1.807, 2.05) is 27.7 Å². The molecule has 3 atom stereocenters. The first-order chi connectivity index (χ1) is 11.5. The third kappa shape index (κ3) is 3.67. The standard InChI is InChI=1S/C17H23ClINO4S/c1-9-7-17(5-6-20(9)15(22)24-16(2,3)4)13-11(10(21)8-23-17)12(19)14(18)25-13/h9-10,21H,5-8H2,1-4H3/t9-,10?,17+/m0/s1. The molecular formula is C17H23ClINO4S. The van der Waals surface area contributed by atoms with Gasteiger partial charge in [0.1, 0.15) is 21.6 Å². The maximum absolute atomic E-state index is 12.5. The number of hydrogen-bond donors (Lipinski definition) is 1. The molecule has 0 aliphatic carbocycles. The summed E-state index contributed by atoms with van der Waals surface area (Å²) in [6.07, 6.45) is 0.405. The molecule has 3 rings (SSSR count). The van der Waals surface area contributed by atoms with E-state index >= 15 is 0 Å². The van der Waals surface area contributed by atoms with Crippen LogP contribution in [-0.2, 0) is 15.1 Å². The van der Waals surface area contributed by atoms with Gasteiger partial charge in [-0.1, -0.05) is 11.6 Å². The molecule has 1 N–H and O–H groups in total. The lowest BCUT2D eigenvalue weighted by molar-refractivity contribution is -0.137. The summed E-state index contributed by atoms with van der Waals surface area (Å²) in [4.78, 5) is 15.2. The average Bonchev–Trinajstić information content (AvgIpc) is 2.79. The van der Waals surface area contributed by atoms with Crippen molar-refractivity contribution in [2.24, 2.45) is 0 Å². The number of aliphatic hydroxyl groups is 1. The van der Waals surface area contributed by atoms with Crippen LogP contribution in [-0.4, -0.2) is 40.9 Å². The Morgan fingerprint density at radius 3 is 2.80 bits per heavy atom. The lowest BCUT2D eigenvalue weighted by Crippen LogP contribution is -2.53. The predicted molar refractivity (Wildman–Crippen MR) is 106 cm³/mol. The summed E-state index contributed by atoms with van der Waals surface area (Å²) in [5.41, 5.74) is -0.0913. The number of hydrogen-bond acceptors (Lipinski definition) is 5. The maximum Gasteiger partial charge on any atom is 0.410 e. The predicted octanol–water partition coefficient (Wildman–Crippen LogP) is 4.68. The number of aliphatic hydroxyl groups excluding tert-OH is 1. The van der Waals surface area contributed by atoms with Gasteiger partial charge in [0.15, 0.2) is 0 Å². The molecule has 0 bridgehead atoms. The van der Waals surface area contributed by atoms with Crippen LogP contribution in [0.4, 0.5) is 4.79 Å². The fourth-order valence-corrected chi connectivity index (χ4v) is 6.19. The zero-order valence-electron chi connectivity index (χ0n) is 14.8. The maximum atomic E-state index is 12.5. The number of nitrogens with zero attached hydrogens (tertiary/aromatic N) is 1. The lowest BCUT2D eigenvalue weighted by Gasteiger charge is -2.47. The van der Waals surface area contributed by atoms with E-state index in [2.05, 4.69) is 22.6 Å². The molecule has 1 amide bonds. The second kappa shape index (κ2) is 6.82. The molecule has 140 valence electrons. The van der Waals surface area contributed by atoms with Gasteiger partial charge in [0.05, 0.1) is 6.61 Å². The Hall–Kier alpha value is -0.0900. The Morgan fingerprint density at radius 2 is 2.20 bits per heavy atom. The number of piperidine rings is 1. The first-order valence-electron chi connectivity index (χ1n) is 8.34. The van der Waals surface area contributed by atoms with Crippen molar-refractivity contribution in [3.05, 3.63) is 18.3 Å². The lowest BCUT2D eigenvalue weighted by atomic mass is 9.82. The first kappa shape index (κ1) is 19.7. The number of carbonyl (C=O) groups is 1. The summed E-state index contributed by atoms with van der Waals surface area (Å²) in [6.45, 7) is 8.43. The van der Waals surface area contributed by atoms with Gasteiger partial charge in [-0.25, -0.2) is 4.79 Å². The number of fused-ring (bicyclic) bond motifs is 2. The first-order valence-corrected chi connectivity index (χ1v) is 10.6. The highest BCUT2D eigenvalue weighted by Crippen LogP contribution is 2.52. The Kier molecular flexibility index (Phi) is 5.36. The Bertz CT molecular complexity index is 689. The molecule has 8 heteroatoms. The quantitative estimate of drug-likeness (QED) is 0.527. The monoisotopic (exact) mass is 499 g/mol. The smallest absolute Gasteiger partial charge is 0.410 e. The summed E-state index contributed by atoms with van der Waals surface area (Å²) in [5.74, 6) is 0. The normalized spacial score (nSPS) is 29.6. The van der Waals surface area contributed by atoms with Crippen LogP contribution in [0.15, 0.2) is 0 Å². The van der Waals surface area contributed by atoms with E-state index in [4.69, 9.17) is 21.1 Å². The molecule has 25 heavy (non-hydrogen) atoms. The molecule has 5 nitrogen and oxygen atoms in total. The van der Waals surface area contributed by atoms with E-state index in [1.54, 1.807) is 4.90 Å². The molecule has 0 saturated carbocycles. The highest BCUT2D eigenvalue weighted by Gasteiger charge is 2.49. The van der Waals surface area contributed by atoms with Crippen molar-refractivity contribution >= 4 is 51.6 Å². The molecule has 3 heterocycles. The molecule has 1 saturated heterocycles. The molecular weight excluding hydrogens is 477 g/mol. The number of carbonyl (C=O) groups excluding carboxylic acids is 1. The van der Waals surface area contributed by atoms with Gasteiger partial charge in [0, 0.05) is 33.0 Å². The summed E-state index contributed by atoms with van der Waals surface area (Å²) in [6, 6.07) is -0.0229. The number of thiophene rings is 1. The van der Waals surface area contributed by atoms with E-state index in [0.717, 1.165) is 14.0 Å². The fourth-order valence-electron chi connectivity index (χ4n) is 3.56. The fraction of sp³-hybridized carbons (Fsp3) is 0.706. The van der Waals surface area contributed by atoms with Crippen molar-refractivity contribution in [2.75, 3.05) is 13.2 Å². The highest BCUT2D eigenvalue weighted by atomic mass is 127. The van der Waals surface area contributed by atoms with Gasteiger partial charge in [-0.15, -0.1) is 11.3 Å². The molecule has 0 radical (unpaired) electrons. The van der Waals surface area contributed by atoms with Crippen LogP contribution < -0.4 is 0 Å². The van der Waals surface area contributed by atoms with E-state index in [9.17, 15) is 9.90 Å². The zero-order valence-corrected chi connectivity index (χ0v) is 18.5. The van der Waals surface area contributed by atoms with Gasteiger partial charge < -0.3 is 19.5 Å². The summed E-state index contributed by atoms with van der Waals surface area (Å²) in [5, 5.41) is 10.3. The average molecular weight is 500 g/mol. The number of halogens is 2. The van der Waals surface area contributed by atoms with Crippen molar-refractivity contribution in [2.45, 2.75) is 63.9 Å². The van der Waals surface area contributed by atoms with Crippen LogP contribution in [0.3, 0.4) is 0 Å². The summed E-state index contributed by atoms with van der Waals surface area (Å²) in [7, 11) is 0. The van der Waals surface area contributed by atoms with Crippen molar-refractivity contribution in [1.29, 1.82) is 0 Å². The number of ether oxygens (including phenoxy) is 2. The van der Waals surface area contributed by atoms with E-state index in [1.165, 1.54) is 11.3 Å². The van der Waals surface area contributed by atoms with Crippen molar-refractivity contribution in [3.8, 4) is 0 Å². The van der Waals surface area contributed by atoms with Crippen LogP contribution in [0.5, 0.6) is 0 Å². The topological polar surface area (TPSA) is 59.0 Å². The molecule has 1 fully saturated rings. The van der Waals surface area contributed by atoms with Crippen molar-refractivity contribution < 1.29 is 19.4 Å². The van der Waals surface area contributed by atoms with Gasteiger partial charge in [0.2, 0.25) is 0 Å². The van der Waals surface area contributed by atoms with Gasteiger partial charge >= 0.3 is 6.09 Å². The summed E-state index contributed by atoms with van der Waals surface area (Å²) >= 11 is 10.0. The van der Waals surface area contributed by atoms with Crippen LogP contribution >= 0.6 is 45.5 Å². The Morgan fingerprint density at radius 1 is 1.52 bits per heavy atom. The zero-order chi connectivity index (χ0) is 18.6. The van der Waals surface area contributed by atoms with Crippen molar-refractivity contribution in [1.82, 2.24) is 4.90 Å².